The van der Waals surface area contributed by atoms with Crippen molar-refractivity contribution in [2.24, 2.45) is 0 Å². The Morgan fingerprint density at radius 1 is 1.55 bits per heavy atom. The lowest BCUT2D eigenvalue weighted by atomic mass is 10.1. The van der Waals surface area contributed by atoms with Gasteiger partial charge in [0.25, 0.3) is 11.6 Å². The fourth-order valence-corrected chi connectivity index (χ4v) is 2.19. The van der Waals surface area contributed by atoms with Crippen LogP contribution in [0.15, 0.2) is 18.2 Å². The Kier molecular flexibility index (Phi) is 4.19. The van der Waals surface area contributed by atoms with Crippen molar-refractivity contribution in [1.29, 1.82) is 0 Å². The van der Waals surface area contributed by atoms with Gasteiger partial charge in [0.05, 0.1) is 29.7 Å². The molecule has 1 N–H and O–H groups in total. The summed E-state index contributed by atoms with van der Waals surface area (Å²) in [5, 5.41) is 13.9. The second kappa shape index (κ2) is 5.87. The van der Waals surface area contributed by atoms with Gasteiger partial charge in [-0.3, -0.25) is 14.9 Å². The monoisotopic (exact) mass is 279 g/mol. The first-order valence-electron chi connectivity index (χ1n) is 6.42. The molecule has 0 aromatic heterocycles. The molecule has 1 aromatic rings. The van der Waals surface area contributed by atoms with Gasteiger partial charge < -0.3 is 15.0 Å². The third kappa shape index (κ3) is 2.57. The van der Waals surface area contributed by atoms with Gasteiger partial charge in [0.15, 0.2) is 0 Å². The number of rotatable bonds is 5. The Labute approximate surface area is 116 Å². The number of hydrogen-bond acceptors (Lipinski definition) is 5. The lowest BCUT2D eigenvalue weighted by molar-refractivity contribution is -0.384. The predicted molar refractivity (Wildman–Crippen MR) is 73.0 cm³/mol. The van der Waals surface area contributed by atoms with E-state index in [0.717, 1.165) is 13.1 Å². The van der Waals surface area contributed by atoms with E-state index in [0.29, 0.717) is 12.1 Å². The first-order valence-corrected chi connectivity index (χ1v) is 6.42. The molecular formula is C13H17N3O4. The van der Waals surface area contributed by atoms with Gasteiger partial charge in [-0.1, -0.05) is 0 Å². The maximum atomic E-state index is 12.5. The molecule has 1 aromatic carbocycles. The minimum Gasteiger partial charge on any atom is -0.496 e. The molecule has 0 radical (unpaired) electrons. The number of non-ortho nitro benzene ring substituents is 1. The molecule has 1 aliphatic rings. The summed E-state index contributed by atoms with van der Waals surface area (Å²) in [5.41, 5.74) is 0.263. The van der Waals surface area contributed by atoms with Gasteiger partial charge >= 0.3 is 0 Å². The maximum absolute atomic E-state index is 12.5. The summed E-state index contributed by atoms with van der Waals surface area (Å²) >= 11 is 0. The summed E-state index contributed by atoms with van der Waals surface area (Å²) in [6.07, 6.45) is 0. The van der Waals surface area contributed by atoms with Crippen molar-refractivity contribution in [1.82, 2.24) is 10.2 Å². The molecule has 7 nitrogen and oxygen atoms in total. The molecule has 0 spiro atoms. The van der Waals surface area contributed by atoms with Crippen molar-refractivity contribution >= 4 is 11.6 Å². The van der Waals surface area contributed by atoms with Crippen LogP contribution in [0.3, 0.4) is 0 Å². The quantitative estimate of drug-likeness (QED) is 0.643. The summed E-state index contributed by atoms with van der Waals surface area (Å²) in [6.45, 7) is 4.04. The van der Waals surface area contributed by atoms with Gasteiger partial charge in [0.1, 0.15) is 5.75 Å². The molecular weight excluding hydrogens is 262 g/mol. The molecule has 1 heterocycles. The van der Waals surface area contributed by atoms with E-state index in [4.69, 9.17) is 4.74 Å². The number of carbonyl (C=O) groups excluding carboxylic acids is 1. The van der Waals surface area contributed by atoms with Crippen molar-refractivity contribution in [3.8, 4) is 5.75 Å². The summed E-state index contributed by atoms with van der Waals surface area (Å²) in [5.74, 6) is 0.0701. The van der Waals surface area contributed by atoms with Gasteiger partial charge in [-0.05, 0) is 13.0 Å². The predicted octanol–water partition coefficient (Wildman–Crippen LogP) is 1.04. The fourth-order valence-electron chi connectivity index (χ4n) is 2.19. The van der Waals surface area contributed by atoms with Crippen LogP contribution in [0.2, 0.25) is 0 Å². The Hall–Kier alpha value is -2.15. The normalized spacial score (nSPS) is 14.5. The molecule has 0 bridgehead atoms. The SMILES string of the molecule is CCN(C(=O)c1ccc([N+](=O)[O-])cc1OC)C1CNC1. The largest absolute Gasteiger partial charge is 0.496 e. The number of likely N-dealkylation sites (N-methyl/N-ethyl adjacent to an activating group) is 1. The summed E-state index contributed by atoms with van der Waals surface area (Å²) < 4.78 is 5.12. The third-order valence-electron chi connectivity index (χ3n) is 3.43. The Morgan fingerprint density at radius 3 is 2.70 bits per heavy atom. The topological polar surface area (TPSA) is 84.7 Å². The number of ether oxygens (including phenoxy) is 1. The molecule has 0 unspecified atom stereocenters. The number of methoxy groups -OCH3 is 1. The molecule has 20 heavy (non-hydrogen) atoms. The molecule has 1 fully saturated rings. The van der Waals surface area contributed by atoms with E-state index in [2.05, 4.69) is 5.32 Å². The van der Waals surface area contributed by atoms with Crippen LogP contribution in [0.4, 0.5) is 5.69 Å². The van der Waals surface area contributed by atoms with E-state index < -0.39 is 4.92 Å². The molecule has 1 amide bonds. The number of nitro groups is 1. The molecule has 2 rings (SSSR count). The zero-order valence-corrected chi connectivity index (χ0v) is 11.5. The molecule has 0 atom stereocenters. The maximum Gasteiger partial charge on any atom is 0.273 e. The third-order valence-corrected chi connectivity index (χ3v) is 3.43. The Morgan fingerprint density at radius 2 is 2.25 bits per heavy atom. The average Bonchev–Trinajstić information content (AvgIpc) is 2.40. The van der Waals surface area contributed by atoms with Crippen LogP contribution in [-0.2, 0) is 0 Å². The van der Waals surface area contributed by atoms with Gasteiger partial charge in [0, 0.05) is 25.7 Å². The number of nitrogens with one attached hydrogen (secondary N) is 1. The summed E-state index contributed by atoms with van der Waals surface area (Å²) in [4.78, 5) is 24.5. The molecule has 7 heteroatoms. The van der Waals surface area contributed by atoms with Crippen LogP contribution in [0.1, 0.15) is 17.3 Å². The highest BCUT2D eigenvalue weighted by atomic mass is 16.6. The zero-order chi connectivity index (χ0) is 14.7. The first-order chi connectivity index (χ1) is 9.58. The first kappa shape index (κ1) is 14.3. The zero-order valence-electron chi connectivity index (χ0n) is 11.5. The van der Waals surface area contributed by atoms with Crippen LogP contribution in [-0.4, -0.2) is 48.5 Å². The van der Waals surface area contributed by atoms with Crippen molar-refractivity contribution in [2.75, 3.05) is 26.7 Å². The fraction of sp³-hybridized carbons (Fsp3) is 0.462. The molecule has 1 aliphatic heterocycles. The molecule has 0 saturated carbocycles. The summed E-state index contributed by atoms with van der Waals surface area (Å²) in [7, 11) is 1.40. The number of benzene rings is 1. The van der Waals surface area contributed by atoms with E-state index in [9.17, 15) is 14.9 Å². The standard InChI is InChI=1S/C13H17N3O4/c1-3-15(10-7-14-8-10)13(17)11-5-4-9(16(18)19)6-12(11)20-2/h4-6,10,14H,3,7-8H2,1-2H3. The van der Waals surface area contributed by atoms with E-state index in [-0.39, 0.29) is 23.4 Å². The highest BCUT2D eigenvalue weighted by Crippen LogP contribution is 2.26. The second-order valence-corrected chi connectivity index (χ2v) is 4.54. The van der Waals surface area contributed by atoms with Gasteiger partial charge in [0.2, 0.25) is 0 Å². The number of carbonyl (C=O) groups is 1. The van der Waals surface area contributed by atoms with Crippen LogP contribution in [0, 0.1) is 10.1 Å². The number of hydrogen-bond donors (Lipinski definition) is 1. The highest BCUT2D eigenvalue weighted by molar-refractivity contribution is 5.97. The van der Waals surface area contributed by atoms with Crippen molar-refractivity contribution in [3.63, 3.8) is 0 Å². The lowest BCUT2D eigenvalue weighted by Gasteiger charge is -2.37. The molecule has 0 aliphatic carbocycles. The van der Waals surface area contributed by atoms with Crippen LogP contribution in [0.5, 0.6) is 5.75 Å². The van der Waals surface area contributed by atoms with E-state index >= 15 is 0 Å². The van der Waals surface area contributed by atoms with Crippen molar-refractivity contribution in [2.45, 2.75) is 13.0 Å². The van der Waals surface area contributed by atoms with Gasteiger partial charge in [-0.2, -0.15) is 0 Å². The smallest absolute Gasteiger partial charge is 0.273 e. The van der Waals surface area contributed by atoms with Crippen LogP contribution < -0.4 is 10.1 Å². The minimum absolute atomic E-state index is 0.0910. The number of amides is 1. The lowest BCUT2D eigenvalue weighted by Crippen LogP contribution is -2.58. The van der Waals surface area contributed by atoms with Crippen LogP contribution in [0.25, 0.3) is 0 Å². The number of nitrogens with zero attached hydrogens (tertiary/aromatic N) is 2. The van der Waals surface area contributed by atoms with Crippen molar-refractivity contribution in [3.05, 3.63) is 33.9 Å². The summed E-state index contributed by atoms with van der Waals surface area (Å²) in [6, 6.07) is 4.23. The van der Waals surface area contributed by atoms with E-state index in [1.54, 1.807) is 4.90 Å². The number of nitro benzene ring substituents is 1. The molecule has 108 valence electrons. The molecule has 1 saturated heterocycles. The highest BCUT2D eigenvalue weighted by Gasteiger charge is 2.29. The van der Waals surface area contributed by atoms with Crippen molar-refractivity contribution < 1.29 is 14.5 Å². The van der Waals surface area contributed by atoms with Gasteiger partial charge in [-0.25, -0.2) is 0 Å². The Bertz CT molecular complexity index is 528. The minimum atomic E-state index is -0.510. The van der Waals surface area contributed by atoms with E-state index in [1.807, 2.05) is 6.92 Å². The average molecular weight is 279 g/mol. The van der Waals surface area contributed by atoms with Gasteiger partial charge in [-0.15, -0.1) is 0 Å². The second-order valence-electron chi connectivity index (χ2n) is 4.54. The van der Waals surface area contributed by atoms with Crippen LogP contribution >= 0.6 is 0 Å². The van der Waals surface area contributed by atoms with E-state index in [1.165, 1.54) is 25.3 Å². The Balaban J connectivity index is 2.30.